The molecule has 2 rings (SSSR count). The van der Waals surface area contributed by atoms with Crippen molar-refractivity contribution in [1.82, 2.24) is 0 Å². The quantitative estimate of drug-likeness (QED) is 0.552. The summed E-state index contributed by atoms with van der Waals surface area (Å²) in [4.78, 5) is 12.5. The third kappa shape index (κ3) is 1.93. The molecule has 0 aromatic heterocycles. The fourth-order valence-electron chi connectivity index (χ4n) is 2.10. The number of non-ortho nitro benzene ring substituents is 1. The van der Waals surface area contributed by atoms with Crippen LogP contribution in [0, 0.1) is 10.1 Å². The highest BCUT2D eigenvalue weighted by Gasteiger charge is 2.21. The summed E-state index contributed by atoms with van der Waals surface area (Å²) in [7, 11) is 0. The first-order valence-electron chi connectivity index (χ1n) is 5.19. The van der Waals surface area contributed by atoms with Gasteiger partial charge in [0.25, 0.3) is 5.69 Å². The molecule has 1 saturated heterocycles. The second-order valence-electron chi connectivity index (χ2n) is 3.96. The van der Waals surface area contributed by atoms with Crippen LogP contribution in [0.2, 0.25) is 0 Å². The Labute approximate surface area is 88.7 Å². The van der Waals surface area contributed by atoms with Crippen LogP contribution >= 0.6 is 0 Å². The number of nitrogens with zero attached hydrogens (tertiary/aromatic N) is 2. The molecule has 0 spiro atoms. The Hall–Kier alpha value is -1.58. The summed E-state index contributed by atoms with van der Waals surface area (Å²) in [6.07, 6.45) is 2.34. The van der Waals surface area contributed by atoms with Crippen molar-refractivity contribution >= 4 is 11.4 Å². The molecule has 80 valence electrons. The highest BCUT2D eigenvalue weighted by molar-refractivity contribution is 5.54. The molecule has 1 aromatic carbocycles. The minimum Gasteiger partial charge on any atom is -0.369 e. The number of benzene rings is 1. The van der Waals surface area contributed by atoms with E-state index in [1.165, 1.54) is 18.9 Å². The molecule has 1 atom stereocenters. The molecule has 4 nitrogen and oxygen atoms in total. The van der Waals surface area contributed by atoms with E-state index in [-0.39, 0.29) is 10.6 Å². The van der Waals surface area contributed by atoms with E-state index in [0.717, 1.165) is 12.2 Å². The molecule has 0 N–H and O–H groups in total. The summed E-state index contributed by atoms with van der Waals surface area (Å²) in [6.45, 7) is 3.16. The van der Waals surface area contributed by atoms with E-state index in [9.17, 15) is 10.1 Å². The van der Waals surface area contributed by atoms with E-state index in [1.54, 1.807) is 12.1 Å². The second kappa shape index (κ2) is 3.88. The van der Waals surface area contributed by atoms with Crippen LogP contribution in [0.25, 0.3) is 0 Å². The van der Waals surface area contributed by atoms with Crippen LogP contribution in [-0.4, -0.2) is 17.5 Å². The van der Waals surface area contributed by atoms with Gasteiger partial charge in [0.1, 0.15) is 0 Å². The maximum absolute atomic E-state index is 10.6. The smallest absolute Gasteiger partial charge is 0.271 e. The standard InChI is InChI=1S/C11H14N2O2/c1-9-4-3-7-12(9)10-5-2-6-11(8-10)13(14)15/h2,5-6,8-9H,3-4,7H2,1H3. The van der Waals surface area contributed by atoms with Crippen molar-refractivity contribution in [2.45, 2.75) is 25.8 Å². The first-order chi connectivity index (χ1) is 7.18. The van der Waals surface area contributed by atoms with Gasteiger partial charge in [-0.25, -0.2) is 0 Å². The van der Waals surface area contributed by atoms with Crippen molar-refractivity contribution in [3.05, 3.63) is 34.4 Å². The zero-order chi connectivity index (χ0) is 10.8. The molecule has 0 aliphatic carbocycles. The average molecular weight is 206 g/mol. The van der Waals surface area contributed by atoms with E-state index in [0.29, 0.717) is 6.04 Å². The summed E-state index contributed by atoms with van der Waals surface area (Å²) >= 11 is 0. The summed E-state index contributed by atoms with van der Waals surface area (Å²) in [5, 5.41) is 10.6. The molecular formula is C11H14N2O2. The van der Waals surface area contributed by atoms with Gasteiger partial charge >= 0.3 is 0 Å². The maximum atomic E-state index is 10.6. The number of anilines is 1. The molecule has 1 aliphatic rings. The summed E-state index contributed by atoms with van der Waals surface area (Å²) in [5.74, 6) is 0. The zero-order valence-corrected chi connectivity index (χ0v) is 8.72. The van der Waals surface area contributed by atoms with Gasteiger partial charge in [0.15, 0.2) is 0 Å². The number of hydrogen-bond acceptors (Lipinski definition) is 3. The third-order valence-corrected chi connectivity index (χ3v) is 2.93. The molecule has 15 heavy (non-hydrogen) atoms. The van der Waals surface area contributed by atoms with E-state index in [2.05, 4.69) is 11.8 Å². The molecule has 0 saturated carbocycles. The molecule has 0 amide bonds. The Kier molecular flexibility index (Phi) is 2.58. The lowest BCUT2D eigenvalue weighted by atomic mass is 10.2. The predicted octanol–water partition coefficient (Wildman–Crippen LogP) is 2.58. The molecule has 1 unspecified atom stereocenters. The monoisotopic (exact) mass is 206 g/mol. The van der Waals surface area contributed by atoms with E-state index < -0.39 is 0 Å². The second-order valence-corrected chi connectivity index (χ2v) is 3.96. The highest BCUT2D eigenvalue weighted by Crippen LogP contribution is 2.27. The Morgan fingerprint density at radius 3 is 2.93 bits per heavy atom. The van der Waals surface area contributed by atoms with Crippen LogP contribution in [0.3, 0.4) is 0 Å². The Balaban J connectivity index is 2.28. The van der Waals surface area contributed by atoms with Gasteiger partial charge in [0.05, 0.1) is 4.92 Å². The lowest BCUT2D eigenvalue weighted by molar-refractivity contribution is -0.384. The van der Waals surface area contributed by atoms with E-state index in [4.69, 9.17) is 0 Å². The van der Waals surface area contributed by atoms with Gasteiger partial charge in [0.2, 0.25) is 0 Å². The fraction of sp³-hybridized carbons (Fsp3) is 0.455. The van der Waals surface area contributed by atoms with Crippen molar-refractivity contribution in [3.8, 4) is 0 Å². The number of nitro groups is 1. The molecule has 1 fully saturated rings. The molecular weight excluding hydrogens is 192 g/mol. The predicted molar refractivity (Wildman–Crippen MR) is 59.1 cm³/mol. The van der Waals surface area contributed by atoms with Crippen LogP contribution in [0.15, 0.2) is 24.3 Å². The molecule has 4 heteroatoms. The first kappa shape index (κ1) is 9.96. The van der Waals surface area contributed by atoms with Crippen LogP contribution in [0.4, 0.5) is 11.4 Å². The molecule has 1 aromatic rings. The lowest BCUT2D eigenvalue weighted by Crippen LogP contribution is -2.26. The van der Waals surface area contributed by atoms with Gasteiger partial charge in [-0.3, -0.25) is 10.1 Å². The van der Waals surface area contributed by atoms with Crippen LogP contribution < -0.4 is 4.90 Å². The summed E-state index contributed by atoms with van der Waals surface area (Å²) in [6, 6.07) is 7.37. The zero-order valence-electron chi connectivity index (χ0n) is 8.72. The number of hydrogen-bond donors (Lipinski definition) is 0. The van der Waals surface area contributed by atoms with Gasteiger partial charge in [-0.2, -0.15) is 0 Å². The Morgan fingerprint density at radius 1 is 1.53 bits per heavy atom. The maximum Gasteiger partial charge on any atom is 0.271 e. The lowest BCUT2D eigenvalue weighted by Gasteiger charge is -2.23. The highest BCUT2D eigenvalue weighted by atomic mass is 16.6. The third-order valence-electron chi connectivity index (χ3n) is 2.93. The molecule has 1 heterocycles. The topological polar surface area (TPSA) is 46.4 Å². The van der Waals surface area contributed by atoms with Crippen LogP contribution in [0.5, 0.6) is 0 Å². The van der Waals surface area contributed by atoms with Crippen LogP contribution in [-0.2, 0) is 0 Å². The summed E-state index contributed by atoms with van der Waals surface area (Å²) in [5.41, 5.74) is 1.14. The van der Waals surface area contributed by atoms with Gasteiger partial charge in [0, 0.05) is 30.4 Å². The average Bonchev–Trinajstić information content (AvgIpc) is 2.64. The van der Waals surface area contributed by atoms with Gasteiger partial charge in [-0.15, -0.1) is 0 Å². The van der Waals surface area contributed by atoms with Crippen molar-refractivity contribution in [3.63, 3.8) is 0 Å². The van der Waals surface area contributed by atoms with Crippen molar-refractivity contribution in [1.29, 1.82) is 0 Å². The van der Waals surface area contributed by atoms with Gasteiger partial charge < -0.3 is 4.90 Å². The van der Waals surface area contributed by atoms with E-state index in [1.807, 2.05) is 6.07 Å². The summed E-state index contributed by atoms with van der Waals surface area (Å²) < 4.78 is 0. The fourth-order valence-corrected chi connectivity index (χ4v) is 2.10. The van der Waals surface area contributed by atoms with Crippen molar-refractivity contribution in [2.75, 3.05) is 11.4 Å². The molecule has 1 aliphatic heterocycles. The van der Waals surface area contributed by atoms with Crippen molar-refractivity contribution < 1.29 is 4.92 Å². The largest absolute Gasteiger partial charge is 0.369 e. The van der Waals surface area contributed by atoms with Gasteiger partial charge in [-0.05, 0) is 25.8 Å². The molecule has 0 bridgehead atoms. The first-order valence-corrected chi connectivity index (χ1v) is 5.19. The van der Waals surface area contributed by atoms with E-state index >= 15 is 0 Å². The normalized spacial score (nSPS) is 20.6. The van der Waals surface area contributed by atoms with Crippen molar-refractivity contribution in [2.24, 2.45) is 0 Å². The minimum atomic E-state index is -0.343. The number of rotatable bonds is 2. The Bertz CT molecular complexity index is 379. The SMILES string of the molecule is CC1CCCN1c1cccc([N+](=O)[O-])c1. The number of nitro benzene ring substituents is 1. The van der Waals surface area contributed by atoms with Gasteiger partial charge in [-0.1, -0.05) is 6.07 Å². The minimum absolute atomic E-state index is 0.173. The van der Waals surface area contributed by atoms with Crippen LogP contribution in [0.1, 0.15) is 19.8 Å². The Morgan fingerprint density at radius 2 is 2.33 bits per heavy atom. The molecule has 0 radical (unpaired) electrons.